The Bertz CT molecular complexity index is 901. The summed E-state index contributed by atoms with van der Waals surface area (Å²) < 4.78 is 5.09. The Balaban J connectivity index is 1.72. The SMILES string of the molecule is CCCC(NC(=O)c1sc(NC(=O)c2ccco2)cc1C)c1ccccc1. The van der Waals surface area contributed by atoms with Crippen LogP contribution < -0.4 is 10.6 Å². The fourth-order valence-electron chi connectivity index (χ4n) is 2.87. The zero-order chi connectivity index (χ0) is 19.2. The van der Waals surface area contributed by atoms with Crippen molar-refractivity contribution in [3.8, 4) is 0 Å². The van der Waals surface area contributed by atoms with Crippen molar-refractivity contribution in [1.29, 1.82) is 0 Å². The predicted molar refractivity (Wildman–Crippen MR) is 107 cm³/mol. The number of carbonyl (C=O) groups excluding carboxylic acids is 2. The minimum atomic E-state index is -0.332. The average molecular weight is 382 g/mol. The Morgan fingerprint density at radius 2 is 1.89 bits per heavy atom. The quantitative estimate of drug-likeness (QED) is 0.592. The molecule has 0 radical (unpaired) electrons. The Morgan fingerprint density at radius 1 is 1.11 bits per heavy atom. The highest BCUT2D eigenvalue weighted by Gasteiger charge is 2.20. The van der Waals surface area contributed by atoms with Crippen LogP contribution in [0.4, 0.5) is 5.00 Å². The van der Waals surface area contributed by atoms with E-state index < -0.39 is 0 Å². The molecular formula is C21H22N2O3S. The molecule has 0 aliphatic rings. The lowest BCUT2D eigenvalue weighted by atomic mass is 10.0. The van der Waals surface area contributed by atoms with Gasteiger partial charge in [0.15, 0.2) is 5.76 Å². The van der Waals surface area contributed by atoms with E-state index in [9.17, 15) is 9.59 Å². The van der Waals surface area contributed by atoms with Crippen molar-refractivity contribution in [2.75, 3.05) is 5.32 Å². The van der Waals surface area contributed by atoms with Gasteiger partial charge in [-0.1, -0.05) is 43.7 Å². The van der Waals surface area contributed by atoms with E-state index in [4.69, 9.17) is 4.42 Å². The smallest absolute Gasteiger partial charge is 0.291 e. The first kappa shape index (κ1) is 18.9. The van der Waals surface area contributed by atoms with Crippen molar-refractivity contribution in [2.24, 2.45) is 0 Å². The van der Waals surface area contributed by atoms with Crippen molar-refractivity contribution < 1.29 is 14.0 Å². The van der Waals surface area contributed by atoms with Crippen molar-refractivity contribution in [1.82, 2.24) is 5.32 Å². The molecule has 0 saturated heterocycles. The Hall–Kier alpha value is -2.86. The number of aryl methyl sites for hydroxylation is 1. The highest BCUT2D eigenvalue weighted by atomic mass is 32.1. The lowest BCUT2D eigenvalue weighted by Gasteiger charge is -2.18. The molecule has 1 unspecified atom stereocenters. The molecule has 2 aromatic heterocycles. The lowest BCUT2D eigenvalue weighted by Crippen LogP contribution is -2.28. The van der Waals surface area contributed by atoms with Crippen LogP contribution in [-0.4, -0.2) is 11.8 Å². The molecule has 6 heteroatoms. The maximum Gasteiger partial charge on any atom is 0.291 e. The highest BCUT2D eigenvalue weighted by Crippen LogP contribution is 2.28. The zero-order valence-electron chi connectivity index (χ0n) is 15.3. The molecule has 0 aliphatic carbocycles. The van der Waals surface area contributed by atoms with Crippen LogP contribution in [0.15, 0.2) is 59.2 Å². The number of thiophene rings is 1. The van der Waals surface area contributed by atoms with E-state index in [2.05, 4.69) is 17.6 Å². The molecule has 1 aromatic carbocycles. The summed E-state index contributed by atoms with van der Waals surface area (Å²) in [6, 6.07) is 15.0. The number of hydrogen-bond donors (Lipinski definition) is 2. The normalized spacial score (nSPS) is 11.8. The first-order chi connectivity index (χ1) is 13.1. The van der Waals surface area contributed by atoms with Crippen LogP contribution in [0.5, 0.6) is 0 Å². The molecule has 1 atom stereocenters. The third-order valence-electron chi connectivity index (χ3n) is 4.19. The van der Waals surface area contributed by atoms with Gasteiger partial charge in [-0.15, -0.1) is 11.3 Å². The van der Waals surface area contributed by atoms with Gasteiger partial charge in [0.1, 0.15) is 0 Å². The number of nitrogens with one attached hydrogen (secondary N) is 2. The van der Waals surface area contributed by atoms with Gasteiger partial charge in [-0.25, -0.2) is 0 Å². The third-order valence-corrected chi connectivity index (χ3v) is 5.34. The second-order valence-corrected chi connectivity index (χ2v) is 7.33. The fraction of sp³-hybridized carbons (Fsp3) is 0.238. The minimum Gasteiger partial charge on any atom is -0.459 e. The molecule has 27 heavy (non-hydrogen) atoms. The fourth-order valence-corrected chi connectivity index (χ4v) is 3.84. The van der Waals surface area contributed by atoms with Crippen LogP contribution in [0.1, 0.15) is 57.2 Å². The Kier molecular flexibility index (Phi) is 6.08. The van der Waals surface area contributed by atoms with Gasteiger partial charge in [-0.3, -0.25) is 9.59 Å². The molecule has 3 aromatic rings. The molecule has 0 spiro atoms. The molecule has 140 valence electrons. The topological polar surface area (TPSA) is 71.3 Å². The summed E-state index contributed by atoms with van der Waals surface area (Å²) in [7, 11) is 0. The van der Waals surface area contributed by atoms with E-state index >= 15 is 0 Å². The monoisotopic (exact) mass is 382 g/mol. The number of rotatable bonds is 7. The summed E-state index contributed by atoms with van der Waals surface area (Å²) in [5, 5.41) is 6.52. The molecule has 0 aliphatic heterocycles. The van der Waals surface area contributed by atoms with Crippen LogP contribution in [0.25, 0.3) is 0 Å². The standard InChI is InChI=1S/C21H22N2O3S/c1-3-8-16(15-9-5-4-6-10-15)22-21(25)19-14(2)13-18(27-19)23-20(24)17-11-7-12-26-17/h4-7,9-13,16H,3,8H2,1-2H3,(H,22,25)(H,23,24). The molecular weight excluding hydrogens is 360 g/mol. The Labute approximate surface area is 162 Å². The molecule has 2 heterocycles. The maximum absolute atomic E-state index is 12.8. The van der Waals surface area contributed by atoms with Crippen molar-refractivity contribution >= 4 is 28.2 Å². The number of carbonyl (C=O) groups is 2. The molecule has 0 saturated carbocycles. The summed E-state index contributed by atoms with van der Waals surface area (Å²) in [4.78, 5) is 25.5. The molecule has 5 nitrogen and oxygen atoms in total. The maximum atomic E-state index is 12.8. The van der Waals surface area contributed by atoms with Crippen LogP contribution in [0, 0.1) is 6.92 Å². The molecule has 2 amide bonds. The second-order valence-electron chi connectivity index (χ2n) is 6.28. The van der Waals surface area contributed by atoms with Gasteiger partial charge >= 0.3 is 0 Å². The number of amides is 2. The van der Waals surface area contributed by atoms with Crippen molar-refractivity contribution in [2.45, 2.75) is 32.7 Å². The van der Waals surface area contributed by atoms with Gasteiger partial charge < -0.3 is 15.1 Å². The summed E-state index contributed by atoms with van der Waals surface area (Å²) in [5.74, 6) is -0.223. The number of furan rings is 1. The lowest BCUT2D eigenvalue weighted by molar-refractivity contribution is 0.0937. The second kappa shape index (κ2) is 8.68. The summed E-state index contributed by atoms with van der Waals surface area (Å²) in [6.45, 7) is 3.96. The van der Waals surface area contributed by atoms with Crippen molar-refractivity contribution in [3.05, 3.63) is 76.6 Å². The number of anilines is 1. The van der Waals surface area contributed by atoms with Crippen molar-refractivity contribution in [3.63, 3.8) is 0 Å². The van der Waals surface area contributed by atoms with Gasteiger partial charge in [0.05, 0.1) is 22.2 Å². The third kappa shape index (κ3) is 4.65. The van der Waals surface area contributed by atoms with E-state index in [0.717, 1.165) is 24.0 Å². The average Bonchev–Trinajstić information content (AvgIpc) is 3.32. The van der Waals surface area contributed by atoms with Gasteiger partial charge in [-0.2, -0.15) is 0 Å². The van der Waals surface area contributed by atoms with Crippen LogP contribution >= 0.6 is 11.3 Å². The summed E-state index contributed by atoms with van der Waals surface area (Å²) >= 11 is 1.26. The molecule has 0 fully saturated rings. The number of benzene rings is 1. The van der Waals surface area contributed by atoms with E-state index in [1.54, 1.807) is 18.2 Å². The van der Waals surface area contributed by atoms with E-state index in [1.807, 2.05) is 37.3 Å². The number of hydrogen-bond acceptors (Lipinski definition) is 4. The first-order valence-electron chi connectivity index (χ1n) is 8.89. The minimum absolute atomic E-state index is 0.0358. The van der Waals surface area contributed by atoms with Gasteiger partial charge in [0.25, 0.3) is 11.8 Å². The van der Waals surface area contributed by atoms with Crippen LogP contribution in [0.3, 0.4) is 0 Å². The summed E-state index contributed by atoms with van der Waals surface area (Å²) in [5.41, 5.74) is 1.92. The van der Waals surface area contributed by atoms with Gasteiger partial charge in [0.2, 0.25) is 0 Å². The largest absolute Gasteiger partial charge is 0.459 e. The van der Waals surface area contributed by atoms with Gasteiger partial charge in [-0.05, 0) is 42.7 Å². The van der Waals surface area contributed by atoms with Crippen LogP contribution in [-0.2, 0) is 0 Å². The predicted octanol–water partition coefficient (Wildman–Crippen LogP) is 5.17. The van der Waals surface area contributed by atoms with Crippen LogP contribution in [0.2, 0.25) is 0 Å². The first-order valence-corrected chi connectivity index (χ1v) is 9.71. The summed E-state index contributed by atoms with van der Waals surface area (Å²) in [6.07, 6.45) is 3.28. The zero-order valence-corrected chi connectivity index (χ0v) is 16.1. The molecule has 3 rings (SSSR count). The van der Waals surface area contributed by atoms with Gasteiger partial charge in [0, 0.05) is 0 Å². The molecule has 2 N–H and O–H groups in total. The highest BCUT2D eigenvalue weighted by molar-refractivity contribution is 7.18. The Morgan fingerprint density at radius 3 is 2.56 bits per heavy atom. The molecule has 0 bridgehead atoms. The van der Waals surface area contributed by atoms with E-state index in [0.29, 0.717) is 9.88 Å². The van der Waals surface area contributed by atoms with E-state index in [1.165, 1.54) is 17.6 Å². The van der Waals surface area contributed by atoms with E-state index in [-0.39, 0.29) is 23.6 Å².